The number of ether oxygens (including phenoxy) is 2. The zero-order valence-electron chi connectivity index (χ0n) is 8.05. The van der Waals surface area contributed by atoms with E-state index < -0.39 is 6.10 Å². The molecule has 0 aromatic rings. The van der Waals surface area contributed by atoms with Crippen LogP contribution in [0.4, 0.5) is 0 Å². The van der Waals surface area contributed by atoms with Gasteiger partial charge in [0.2, 0.25) is 0 Å². The molecule has 1 fully saturated rings. The molecule has 0 aromatic carbocycles. The molecule has 6 nitrogen and oxygen atoms in total. The Morgan fingerprint density at radius 2 is 2.57 bits per heavy atom. The molecule has 2 unspecified atom stereocenters. The van der Waals surface area contributed by atoms with Gasteiger partial charge in [-0.3, -0.25) is 0 Å². The van der Waals surface area contributed by atoms with E-state index in [2.05, 4.69) is 10.0 Å². The number of carbonyl (C=O) groups is 1. The number of esters is 1. The second kappa shape index (κ2) is 5.47. The third kappa shape index (κ3) is 2.90. The van der Waals surface area contributed by atoms with Crippen LogP contribution in [0.1, 0.15) is 19.8 Å². The Labute approximate surface area is 81.8 Å². The van der Waals surface area contributed by atoms with Gasteiger partial charge in [0.15, 0.2) is 6.10 Å². The molecule has 1 aliphatic rings. The fourth-order valence-electron chi connectivity index (χ4n) is 1.36. The summed E-state index contributed by atoms with van der Waals surface area (Å²) in [5, 5.41) is 3.57. The first-order chi connectivity index (χ1) is 6.77. The van der Waals surface area contributed by atoms with Crippen LogP contribution in [0.2, 0.25) is 0 Å². The topological polar surface area (TPSA) is 84.3 Å². The summed E-state index contributed by atoms with van der Waals surface area (Å²) in [7, 11) is 0. The number of nitrogens with zero attached hydrogens (tertiary/aromatic N) is 3. The lowest BCUT2D eigenvalue weighted by Gasteiger charge is -2.24. The summed E-state index contributed by atoms with van der Waals surface area (Å²) in [6, 6.07) is -0.150. The molecule has 0 bridgehead atoms. The quantitative estimate of drug-likeness (QED) is 0.298. The van der Waals surface area contributed by atoms with Crippen LogP contribution in [0.15, 0.2) is 5.11 Å². The summed E-state index contributed by atoms with van der Waals surface area (Å²) in [6.45, 7) is 2.52. The van der Waals surface area contributed by atoms with Crippen LogP contribution in [0.5, 0.6) is 0 Å². The van der Waals surface area contributed by atoms with Gasteiger partial charge in [-0.15, -0.1) is 0 Å². The van der Waals surface area contributed by atoms with E-state index in [1.807, 2.05) is 0 Å². The lowest BCUT2D eigenvalue weighted by Crippen LogP contribution is -2.35. The Hall–Kier alpha value is -1.26. The number of carbonyl (C=O) groups excluding carboxylic acids is 1. The fourth-order valence-corrected chi connectivity index (χ4v) is 1.36. The molecule has 14 heavy (non-hydrogen) atoms. The molecule has 0 aliphatic carbocycles. The maximum atomic E-state index is 11.3. The van der Waals surface area contributed by atoms with Crippen molar-refractivity contribution < 1.29 is 14.3 Å². The zero-order valence-corrected chi connectivity index (χ0v) is 8.05. The molecule has 6 heteroatoms. The minimum atomic E-state index is -0.570. The van der Waals surface area contributed by atoms with Gasteiger partial charge >= 0.3 is 5.97 Å². The van der Waals surface area contributed by atoms with Crippen molar-refractivity contribution in [2.75, 3.05) is 13.2 Å². The molecule has 1 aliphatic heterocycles. The first-order valence-corrected chi connectivity index (χ1v) is 4.60. The van der Waals surface area contributed by atoms with Crippen molar-refractivity contribution in [3.63, 3.8) is 0 Å². The van der Waals surface area contributed by atoms with E-state index in [0.29, 0.717) is 26.1 Å². The highest BCUT2D eigenvalue weighted by Crippen LogP contribution is 2.17. The first kappa shape index (κ1) is 10.8. The van der Waals surface area contributed by atoms with E-state index in [-0.39, 0.29) is 12.0 Å². The third-order valence-corrected chi connectivity index (χ3v) is 2.02. The predicted molar refractivity (Wildman–Crippen MR) is 48.5 cm³/mol. The van der Waals surface area contributed by atoms with Crippen LogP contribution < -0.4 is 0 Å². The van der Waals surface area contributed by atoms with E-state index in [1.54, 1.807) is 6.92 Å². The van der Waals surface area contributed by atoms with Gasteiger partial charge in [0.25, 0.3) is 0 Å². The van der Waals surface area contributed by atoms with Gasteiger partial charge in [-0.2, -0.15) is 0 Å². The summed E-state index contributed by atoms with van der Waals surface area (Å²) >= 11 is 0. The Bertz CT molecular complexity index is 250. The van der Waals surface area contributed by atoms with E-state index >= 15 is 0 Å². The lowest BCUT2D eigenvalue weighted by atomic mass is 10.0. The van der Waals surface area contributed by atoms with Crippen molar-refractivity contribution in [1.82, 2.24) is 0 Å². The largest absolute Gasteiger partial charge is 0.464 e. The average molecular weight is 199 g/mol. The summed E-state index contributed by atoms with van der Waals surface area (Å²) < 4.78 is 10.0. The van der Waals surface area contributed by atoms with Crippen molar-refractivity contribution in [3.8, 4) is 0 Å². The Morgan fingerprint density at radius 3 is 3.21 bits per heavy atom. The number of azide groups is 1. The van der Waals surface area contributed by atoms with Gasteiger partial charge in [0.05, 0.1) is 6.61 Å². The van der Waals surface area contributed by atoms with Gasteiger partial charge in [0.1, 0.15) is 0 Å². The van der Waals surface area contributed by atoms with Crippen molar-refractivity contribution in [1.29, 1.82) is 0 Å². The van der Waals surface area contributed by atoms with Crippen LogP contribution in [-0.4, -0.2) is 31.3 Å². The third-order valence-electron chi connectivity index (χ3n) is 2.02. The van der Waals surface area contributed by atoms with Crippen LogP contribution >= 0.6 is 0 Å². The van der Waals surface area contributed by atoms with E-state index in [9.17, 15) is 4.79 Å². The highest BCUT2D eigenvalue weighted by molar-refractivity contribution is 5.74. The van der Waals surface area contributed by atoms with Crippen molar-refractivity contribution in [3.05, 3.63) is 10.4 Å². The second-order valence-corrected chi connectivity index (χ2v) is 2.99. The summed E-state index contributed by atoms with van der Waals surface area (Å²) in [4.78, 5) is 14.0. The predicted octanol–water partition coefficient (Wildman–Crippen LogP) is 1.41. The standard InChI is InChI=1S/C8H13N3O3/c1-2-13-8(12)7-5-6(10-11-9)3-4-14-7/h6-7H,2-5H2,1H3. The van der Waals surface area contributed by atoms with E-state index in [0.717, 1.165) is 0 Å². The van der Waals surface area contributed by atoms with Crippen LogP contribution in [0, 0.1) is 0 Å². The second-order valence-electron chi connectivity index (χ2n) is 2.99. The molecule has 0 aromatic heterocycles. The monoisotopic (exact) mass is 199 g/mol. The highest BCUT2D eigenvalue weighted by atomic mass is 16.6. The molecule has 1 heterocycles. The first-order valence-electron chi connectivity index (χ1n) is 4.60. The number of rotatable bonds is 3. The molecule has 1 rings (SSSR count). The van der Waals surface area contributed by atoms with Gasteiger partial charge in [-0.05, 0) is 25.3 Å². The molecule has 0 amide bonds. The molecule has 0 radical (unpaired) electrons. The van der Waals surface area contributed by atoms with Crippen molar-refractivity contribution in [2.24, 2.45) is 5.11 Å². The smallest absolute Gasteiger partial charge is 0.335 e. The fraction of sp³-hybridized carbons (Fsp3) is 0.875. The summed E-state index contributed by atoms with van der Waals surface area (Å²) in [5.41, 5.74) is 8.25. The van der Waals surface area contributed by atoms with Gasteiger partial charge < -0.3 is 9.47 Å². The van der Waals surface area contributed by atoms with Crippen molar-refractivity contribution in [2.45, 2.75) is 31.9 Å². The van der Waals surface area contributed by atoms with Gasteiger partial charge in [0, 0.05) is 17.6 Å². The maximum Gasteiger partial charge on any atom is 0.335 e. The molecule has 0 N–H and O–H groups in total. The van der Waals surface area contributed by atoms with Crippen molar-refractivity contribution >= 4 is 5.97 Å². The molecule has 78 valence electrons. The average Bonchev–Trinajstić information content (AvgIpc) is 2.19. The Balaban J connectivity index is 2.46. The Kier molecular flexibility index (Phi) is 4.22. The molecule has 0 saturated carbocycles. The summed E-state index contributed by atoms with van der Waals surface area (Å²) in [6.07, 6.45) is 0.516. The highest BCUT2D eigenvalue weighted by Gasteiger charge is 2.28. The summed E-state index contributed by atoms with van der Waals surface area (Å²) in [5.74, 6) is -0.370. The van der Waals surface area contributed by atoms with Gasteiger partial charge in [-0.25, -0.2) is 4.79 Å². The number of hydrogen-bond donors (Lipinski definition) is 0. The molecular formula is C8H13N3O3. The molecule has 0 spiro atoms. The van der Waals surface area contributed by atoms with Crippen LogP contribution in [-0.2, 0) is 14.3 Å². The maximum absolute atomic E-state index is 11.3. The van der Waals surface area contributed by atoms with Gasteiger partial charge in [-0.1, -0.05) is 5.11 Å². The minimum absolute atomic E-state index is 0.150. The van der Waals surface area contributed by atoms with Crippen LogP contribution in [0.3, 0.4) is 0 Å². The SMILES string of the molecule is CCOC(=O)C1CC(N=[N+]=[N-])CCO1. The molecule has 2 atom stereocenters. The Morgan fingerprint density at radius 1 is 1.79 bits per heavy atom. The van der Waals surface area contributed by atoms with Crippen LogP contribution in [0.25, 0.3) is 10.4 Å². The number of hydrogen-bond acceptors (Lipinski definition) is 4. The van der Waals surface area contributed by atoms with E-state index in [4.69, 9.17) is 15.0 Å². The normalized spacial score (nSPS) is 26.4. The minimum Gasteiger partial charge on any atom is -0.464 e. The molecule has 1 saturated heterocycles. The zero-order chi connectivity index (χ0) is 10.4. The molecular weight excluding hydrogens is 186 g/mol. The van der Waals surface area contributed by atoms with E-state index in [1.165, 1.54) is 0 Å². The lowest BCUT2D eigenvalue weighted by molar-refractivity contribution is -0.159.